The van der Waals surface area contributed by atoms with Gasteiger partial charge in [0.2, 0.25) is 11.6 Å². The third kappa shape index (κ3) is 5.39. The number of nitro benzene ring substituents is 1. The number of ether oxygens (including phenoxy) is 2. The molecule has 0 aromatic heterocycles. The zero-order valence-electron chi connectivity index (χ0n) is 16.0. The zero-order chi connectivity index (χ0) is 20.7. The number of methoxy groups -OCH3 is 1. The molecule has 0 saturated heterocycles. The van der Waals surface area contributed by atoms with Gasteiger partial charge in [0.25, 0.3) is 0 Å². The Morgan fingerprint density at radius 1 is 1.21 bits per heavy atom. The number of esters is 1. The summed E-state index contributed by atoms with van der Waals surface area (Å²) < 4.78 is 24.1. The van der Waals surface area contributed by atoms with Crippen molar-refractivity contribution >= 4 is 11.7 Å². The van der Waals surface area contributed by atoms with Crippen molar-refractivity contribution in [1.29, 1.82) is 0 Å². The van der Waals surface area contributed by atoms with Gasteiger partial charge in [-0.2, -0.15) is 4.39 Å². The molecule has 2 rings (SSSR count). The number of nitrogens with zero attached hydrogens (tertiary/aromatic N) is 1. The van der Waals surface area contributed by atoms with Crippen LogP contribution in [0.5, 0.6) is 11.5 Å². The first-order valence-electron chi connectivity index (χ1n) is 8.76. The van der Waals surface area contributed by atoms with Crippen molar-refractivity contribution in [3.8, 4) is 11.5 Å². The molecule has 0 unspecified atom stereocenters. The molecule has 0 aliphatic carbocycles. The fourth-order valence-corrected chi connectivity index (χ4v) is 2.82. The number of carbonyl (C=O) groups excluding carboxylic acids is 1. The predicted octanol–water partition coefficient (Wildman–Crippen LogP) is 5.19. The molecule has 28 heavy (non-hydrogen) atoms. The van der Waals surface area contributed by atoms with Gasteiger partial charge in [0.05, 0.1) is 12.0 Å². The summed E-state index contributed by atoms with van der Waals surface area (Å²) in [5, 5.41) is 11.1. The van der Waals surface area contributed by atoms with E-state index < -0.39 is 16.4 Å². The average molecular weight is 387 g/mol. The Morgan fingerprint density at radius 2 is 1.89 bits per heavy atom. The first-order chi connectivity index (χ1) is 13.3. The summed E-state index contributed by atoms with van der Waals surface area (Å²) in [6, 6.07) is 7.60. The highest BCUT2D eigenvalue weighted by atomic mass is 19.1. The van der Waals surface area contributed by atoms with Crippen LogP contribution >= 0.6 is 0 Å². The minimum Gasteiger partial charge on any atom is -0.469 e. The number of rotatable bonds is 8. The Hall–Kier alpha value is -3.22. The molecular weight excluding hydrogens is 365 g/mol. The second-order valence-electron chi connectivity index (χ2n) is 6.29. The normalized spacial score (nSPS) is 10.9. The Bertz CT molecular complexity index is 885. The fraction of sp³-hybridized carbons (Fsp3) is 0.286. The third-order valence-corrected chi connectivity index (χ3v) is 4.13. The maximum Gasteiger partial charge on any atom is 0.346 e. The van der Waals surface area contributed by atoms with Crippen molar-refractivity contribution < 1.29 is 23.6 Å². The highest BCUT2D eigenvalue weighted by Gasteiger charge is 2.22. The summed E-state index contributed by atoms with van der Waals surface area (Å²) in [6.45, 7) is 3.66. The van der Waals surface area contributed by atoms with Crippen LogP contribution in [0.4, 0.5) is 10.1 Å². The molecule has 0 bridgehead atoms. The standard InChI is InChI=1S/C21H22FNO5/c1-14-12-16(8-5-4-6-11-19(24)27-3)13-15(2)21(14)28-18-10-7-9-17(22)20(18)23(25)26/h4-5,7,9-10,12-13H,6,8,11H2,1-3H3. The number of hydrogen-bond acceptors (Lipinski definition) is 5. The van der Waals surface area contributed by atoms with Crippen molar-refractivity contribution in [2.75, 3.05) is 7.11 Å². The number of para-hydroxylation sites is 1. The van der Waals surface area contributed by atoms with E-state index in [-0.39, 0.29) is 11.7 Å². The predicted molar refractivity (Wildman–Crippen MR) is 103 cm³/mol. The zero-order valence-corrected chi connectivity index (χ0v) is 16.0. The maximum absolute atomic E-state index is 13.8. The van der Waals surface area contributed by atoms with Crippen molar-refractivity contribution in [3.63, 3.8) is 0 Å². The summed E-state index contributed by atoms with van der Waals surface area (Å²) in [5.41, 5.74) is 1.93. The molecule has 2 aromatic rings. The molecule has 148 valence electrons. The van der Waals surface area contributed by atoms with E-state index in [1.54, 1.807) is 0 Å². The quantitative estimate of drug-likeness (QED) is 0.269. The molecule has 0 aliphatic heterocycles. The van der Waals surface area contributed by atoms with Gasteiger partial charge in [0.1, 0.15) is 5.75 Å². The molecule has 6 nitrogen and oxygen atoms in total. The molecule has 0 radical (unpaired) electrons. The minimum atomic E-state index is -0.938. The highest BCUT2D eigenvalue weighted by molar-refractivity contribution is 5.69. The summed E-state index contributed by atoms with van der Waals surface area (Å²) in [6.07, 6.45) is 5.50. The minimum absolute atomic E-state index is 0.133. The monoisotopic (exact) mass is 387 g/mol. The lowest BCUT2D eigenvalue weighted by atomic mass is 10.0. The van der Waals surface area contributed by atoms with E-state index in [1.165, 1.54) is 19.2 Å². The van der Waals surface area contributed by atoms with Crippen LogP contribution in [0.1, 0.15) is 29.5 Å². The lowest BCUT2D eigenvalue weighted by Gasteiger charge is -2.13. The van der Waals surface area contributed by atoms with Gasteiger partial charge in [-0.25, -0.2) is 0 Å². The van der Waals surface area contributed by atoms with E-state index in [2.05, 4.69) is 4.74 Å². The number of allylic oxidation sites excluding steroid dienone is 2. The van der Waals surface area contributed by atoms with Crippen LogP contribution in [0.15, 0.2) is 42.5 Å². The van der Waals surface area contributed by atoms with Gasteiger partial charge in [0, 0.05) is 6.42 Å². The van der Waals surface area contributed by atoms with Crippen LogP contribution in [0.2, 0.25) is 0 Å². The molecule has 0 aliphatic rings. The van der Waals surface area contributed by atoms with Crippen molar-refractivity contribution in [1.82, 2.24) is 0 Å². The molecule has 0 spiro atoms. The first kappa shape index (κ1) is 21.1. The first-order valence-corrected chi connectivity index (χ1v) is 8.76. The van der Waals surface area contributed by atoms with Gasteiger partial charge < -0.3 is 9.47 Å². The van der Waals surface area contributed by atoms with Crippen LogP contribution in [-0.2, 0) is 16.0 Å². The summed E-state index contributed by atoms with van der Waals surface area (Å²) >= 11 is 0. The highest BCUT2D eigenvalue weighted by Crippen LogP contribution is 2.36. The van der Waals surface area contributed by atoms with Crippen LogP contribution < -0.4 is 4.74 Å². The number of carbonyl (C=O) groups is 1. The largest absolute Gasteiger partial charge is 0.469 e. The summed E-state index contributed by atoms with van der Waals surface area (Å²) in [4.78, 5) is 21.4. The molecule has 0 N–H and O–H groups in total. The maximum atomic E-state index is 13.8. The summed E-state index contributed by atoms with van der Waals surface area (Å²) in [7, 11) is 1.36. The van der Waals surface area contributed by atoms with Gasteiger partial charge >= 0.3 is 11.7 Å². The van der Waals surface area contributed by atoms with E-state index in [0.717, 1.165) is 22.8 Å². The van der Waals surface area contributed by atoms with Gasteiger partial charge in [0.15, 0.2) is 0 Å². The van der Waals surface area contributed by atoms with Crippen LogP contribution in [0.25, 0.3) is 0 Å². The Balaban J connectivity index is 2.15. The molecule has 7 heteroatoms. The van der Waals surface area contributed by atoms with E-state index in [0.29, 0.717) is 25.0 Å². The van der Waals surface area contributed by atoms with E-state index >= 15 is 0 Å². The SMILES string of the molecule is COC(=O)CCC=CCc1cc(C)c(Oc2cccc(F)c2[N+](=O)[O-])c(C)c1. The lowest BCUT2D eigenvalue weighted by molar-refractivity contribution is -0.388. The average Bonchev–Trinajstić information content (AvgIpc) is 2.63. The van der Waals surface area contributed by atoms with Crippen molar-refractivity contribution in [2.24, 2.45) is 0 Å². The van der Waals surface area contributed by atoms with Crippen LogP contribution in [0, 0.1) is 29.8 Å². The molecule has 0 amide bonds. The smallest absolute Gasteiger partial charge is 0.346 e. The van der Waals surface area contributed by atoms with Gasteiger partial charge in [-0.3, -0.25) is 14.9 Å². The molecule has 2 aromatic carbocycles. The topological polar surface area (TPSA) is 78.7 Å². The summed E-state index contributed by atoms with van der Waals surface area (Å²) in [5.74, 6) is -0.852. The number of nitro groups is 1. The molecular formula is C21H22FNO5. The van der Waals surface area contributed by atoms with Gasteiger partial charge in [-0.05, 0) is 55.5 Å². The number of halogens is 1. The number of aryl methyl sites for hydroxylation is 2. The molecule has 0 heterocycles. The Morgan fingerprint density at radius 3 is 2.50 bits per heavy atom. The second-order valence-corrected chi connectivity index (χ2v) is 6.29. The van der Waals surface area contributed by atoms with Crippen LogP contribution in [-0.4, -0.2) is 18.0 Å². The Labute approximate surface area is 162 Å². The number of hydrogen-bond donors (Lipinski definition) is 0. The van der Waals surface area contributed by atoms with Crippen molar-refractivity contribution in [2.45, 2.75) is 33.1 Å². The third-order valence-electron chi connectivity index (χ3n) is 4.13. The van der Waals surface area contributed by atoms with Crippen molar-refractivity contribution in [3.05, 3.63) is 75.1 Å². The van der Waals surface area contributed by atoms with Gasteiger partial charge in [-0.15, -0.1) is 0 Å². The molecule has 0 fully saturated rings. The number of benzene rings is 2. The van der Waals surface area contributed by atoms with Crippen LogP contribution in [0.3, 0.4) is 0 Å². The Kier molecular flexibility index (Phi) is 7.26. The van der Waals surface area contributed by atoms with Gasteiger partial charge in [-0.1, -0.05) is 30.4 Å². The fourth-order valence-electron chi connectivity index (χ4n) is 2.82. The molecule has 0 atom stereocenters. The van der Waals surface area contributed by atoms with E-state index in [4.69, 9.17) is 4.74 Å². The van der Waals surface area contributed by atoms with E-state index in [9.17, 15) is 19.3 Å². The molecule has 0 saturated carbocycles. The lowest BCUT2D eigenvalue weighted by Crippen LogP contribution is -1.99. The van der Waals surface area contributed by atoms with E-state index in [1.807, 2.05) is 38.1 Å². The second kappa shape index (κ2) is 9.64.